The van der Waals surface area contributed by atoms with E-state index < -0.39 is 27.0 Å². The molecular formula is C11H15FO3S. The molecule has 90 valence electrons. The number of benzene rings is 1. The number of sulfone groups is 1. The van der Waals surface area contributed by atoms with E-state index in [0.717, 1.165) is 0 Å². The normalized spacial score (nSPS) is 15.8. The Morgan fingerprint density at radius 1 is 1.38 bits per heavy atom. The van der Waals surface area contributed by atoms with Gasteiger partial charge in [-0.25, -0.2) is 12.8 Å². The Labute approximate surface area is 94.8 Å². The van der Waals surface area contributed by atoms with E-state index in [-0.39, 0.29) is 11.3 Å². The molecule has 0 saturated carbocycles. The molecule has 0 fully saturated rings. The predicted molar refractivity (Wildman–Crippen MR) is 60.3 cm³/mol. The average Bonchev–Trinajstić information content (AvgIpc) is 2.27. The van der Waals surface area contributed by atoms with E-state index in [1.165, 1.54) is 32.0 Å². The fourth-order valence-electron chi connectivity index (χ4n) is 1.43. The van der Waals surface area contributed by atoms with Gasteiger partial charge in [-0.15, -0.1) is 0 Å². The molecule has 1 aromatic carbocycles. The van der Waals surface area contributed by atoms with Crippen molar-refractivity contribution in [2.75, 3.05) is 5.75 Å². The van der Waals surface area contributed by atoms with Crippen molar-refractivity contribution in [2.45, 2.75) is 25.2 Å². The van der Waals surface area contributed by atoms with Crippen LogP contribution in [0, 0.1) is 5.82 Å². The predicted octanol–water partition coefficient (Wildman–Crippen LogP) is 1.68. The van der Waals surface area contributed by atoms with Crippen molar-refractivity contribution < 1.29 is 17.9 Å². The maximum absolute atomic E-state index is 13.3. The zero-order valence-corrected chi connectivity index (χ0v) is 10.0. The lowest BCUT2D eigenvalue weighted by molar-refractivity contribution is 0.171. The maximum Gasteiger partial charge on any atom is 0.155 e. The summed E-state index contributed by atoms with van der Waals surface area (Å²) >= 11 is 0. The van der Waals surface area contributed by atoms with Crippen LogP contribution in [0.5, 0.6) is 0 Å². The zero-order valence-electron chi connectivity index (χ0n) is 9.22. The van der Waals surface area contributed by atoms with Crippen molar-refractivity contribution in [3.05, 3.63) is 35.6 Å². The summed E-state index contributed by atoms with van der Waals surface area (Å²) in [7, 11) is -3.38. The fourth-order valence-corrected chi connectivity index (χ4v) is 2.49. The van der Waals surface area contributed by atoms with Gasteiger partial charge < -0.3 is 5.11 Å². The number of halogens is 1. The van der Waals surface area contributed by atoms with Gasteiger partial charge in [-0.05, 0) is 13.0 Å². The van der Waals surface area contributed by atoms with E-state index >= 15 is 0 Å². The molecule has 0 unspecified atom stereocenters. The molecule has 0 aliphatic carbocycles. The number of aliphatic hydroxyl groups is 1. The number of hydrogen-bond acceptors (Lipinski definition) is 3. The molecule has 2 atom stereocenters. The Hall–Kier alpha value is -0.940. The molecule has 0 aromatic heterocycles. The van der Waals surface area contributed by atoms with Gasteiger partial charge in [0.15, 0.2) is 9.84 Å². The van der Waals surface area contributed by atoms with Crippen LogP contribution in [0.4, 0.5) is 4.39 Å². The van der Waals surface area contributed by atoms with Crippen LogP contribution < -0.4 is 0 Å². The van der Waals surface area contributed by atoms with Gasteiger partial charge in [0.05, 0.1) is 11.4 Å². The summed E-state index contributed by atoms with van der Waals surface area (Å²) in [5.74, 6) is -0.659. The average molecular weight is 246 g/mol. The summed E-state index contributed by atoms with van der Waals surface area (Å²) < 4.78 is 36.4. The van der Waals surface area contributed by atoms with Gasteiger partial charge in [-0.3, -0.25) is 0 Å². The van der Waals surface area contributed by atoms with Gasteiger partial charge in [-0.1, -0.05) is 25.1 Å². The highest BCUT2D eigenvalue weighted by molar-refractivity contribution is 7.92. The van der Waals surface area contributed by atoms with Gasteiger partial charge in [0, 0.05) is 11.3 Å². The minimum absolute atomic E-state index is 0.0204. The Morgan fingerprint density at radius 3 is 2.44 bits per heavy atom. The zero-order chi connectivity index (χ0) is 12.3. The minimum Gasteiger partial charge on any atom is -0.387 e. The first-order chi connectivity index (χ1) is 7.40. The third kappa shape index (κ3) is 2.59. The second kappa shape index (κ2) is 4.93. The molecule has 0 bridgehead atoms. The minimum atomic E-state index is -3.38. The summed E-state index contributed by atoms with van der Waals surface area (Å²) in [5.41, 5.74) is 0.0204. The topological polar surface area (TPSA) is 54.4 Å². The summed E-state index contributed by atoms with van der Waals surface area (Å²) in [5, 5.41) is 8.81. The van der Waals surface area contributed by atoms with Crippen molar-refractivity contribution in [2.24, 2.45) is 0 Å². The number of rotatable bonds is 4. The standard InChI is InChI=1S/C11H15FO3S/c1-3-16(14,15)8(2)11(13)9-6-4-5-7-10(9)12/h4-8,11,13H,3H2,1-2H3/t8-,11-/m0/s1. The van der Waals surface area contributed by atoms with Crippen molar-refractivity contribution in [1.29, 1.82) is 0 Å². The van der Waals surface area contributed by atoms with Crippen LogP contribution in [0.25, 0.3) is 0 Å². The molecule has 0 aliphatic rings. The summed E-state index contributed by atoms with van der Waals surface area (Å²) in [6.07, 6.45) is -1.33. The van der Waals surface area contributed by atoms with Crippen LogP contribution in [-0.4, -0.2) is 24.5 Å². The number of hydrogen-bond donors (Lipinski definition) is 1. The first-order valence-electron chi connectivity index (χ1n) is 5.04. The molecule has 0 spiro atoms. The monoisotopic (exact) mass is 246 g/mol. The van der Waals surface area contributed by atoms with Gasteiger partial charge in [0.1, 0.15) is 5.82 Å². The lowest BCUT2D eigenvalue weighted by Crippen LogP contribution is -2.27. The summed E-state index contributed by atoms with van der Waals surface area (Å²) in [6, 6.07) is 5.64. The maximum atomic E-state index is 13.3. The highest BCUT2D eigenvalue weighted by Gasteiger charge is 2.29. The van der Waals surface area contributed by atoms with E-state index in [9.17, 15) is 17.9 Å². The van der Waals surface area contributed by atoms with E-state index in [4.69, 9.17) is 0 Å². The quantitative estimate of drug-likeness (QED) is 0.879. The Kier molecular flexibility index (Phi) is 4.04. The Morgan fingerprint density at radius 2 is 1.94 bits per heavy atom. The molecule has 3 nitrogen and oxygen atoms in total. The van der Waals surface area contributed by atoms with Crippen LogP contribution in [0.2, 0.25) is 0 Å². The highest BCUT2D eigenvalue weighted by Crippen LogP contribution is 2.24. The van der Waals surface area contributed by atoms with Crippen molar-refractivity contribution in [1.82, 2.24) is 0 Å². The molecule has 0 saturated heterocycles. The van der Waals surface area contributed by atoms with Crippen molar-refractivity contribution in [3.63, 3.8) is 0 Å². The van der Waals surface area contributed by atoms with Crippen molar-refractivity contribution in [3.8, 4) is 0 Å². The lowest BCUT2D eigenvalue weighted by Gasteiger charge is -2.19. The van der Waals surface area contributed by atoms with E-state index in [1.54, 1.807) is 6.07 Å². The van der Waals surface area contributed by atoms with Gasteiger partial charge in [0.25, 0.3) is 0 Å². The van der Waals surface area contributed by atoms with E-state index in [1.807, 2.05) is 0 Å². The molecule has 0 amide bonds. The summed E-state index contributed by atoms with van der Waals surface area (Å²) in [6.45, 7) is 2.88. The van der Waals surface area contributed by atoms with E-state index in [2.05, 4.69) is 0 Å². The van der Waals surface area contributed by atoms with Gasteiger partial charge in [-0.2, -0.15) is 0 Å². The summed E-state index contributed by atoms with van der Waals surface area (Å²) in [4.78, 5) is 0. The van der Waals surface area contributed by atoms with Gasteiger partial charge in [0.2, 0.25) is 0 Å². The lowest BCUT2D eigenvalue weighted by atomic mass is 10.1. The molecule has 0 aliphatic heterocycles. The second-order valence-electron chi connectivity index (χ2n) is 3.62. The van der Waals surface area contributed by atoms with Crippen LogP contribution in [0.1, 0.15) is 25.5 Å². The van der Waals surface area contributed by atoms with Crippen molar-refractivity contribution >= 4 is 9.84 Å². The Balaban J connectivity index is 3.04. The van der Waals surface area contributed by atoms with Crippen LogP contribution in [0.15, 0.2) is 24.3 Å². The van der Waals surface area contributed by atoms with Crippen LogP contribution in [-0.2, 0) is 9.84 Å². The molecule has 1 aromatic rings. The van der Waals surface area contributed by atoms with E-state index in [0.29, 0.717) is 0 Å². The molecule has 1 N–H and O–H groups in total. The first-order valence-corrected chi connectivity index (χ1v) is 6.75. The third-order valence-corrected chi connectivity index (χ3v) is 4.83. The fraction of sp³-hybridized carbons (Fsp3) is 0.455. The van der Waals surface area contributed by atoms with Gasteiger partial charge >= 0.3 is 0 Å². The van der Waals surface area contributed by atoms with Crippen LogP contribution in [0.3, 0.4) is 0 Å². The first kappa shape index (κ1) is 13.1. The molecule has 0 radical (unpaired) electrons. The molecular weight excluding hydrogens is 231 g/mol. The number of aliphatic hydroxyl groups excluding tert-OH is 1. The Bertz CT molecular complexity index is 456. The largest absolute Gasteiger partial charge is 0.387 e. The highest BCUT2D eigenvalue weighted by atomic mass is 32.2. The van der Waals surface area contributed by atoms with Crippen LogP contribution >= 0.6 is 0 Å². The molecule has 16 heavy (non-hydrogen) atoms. The SMILES string of the molecule is CCS(=O)(=O)[C@@H](C)[C@H](O)c1ccccc1F. The smallest absolute Gasteiger partial charge is 0.155 e. The second-order valence-corrected chi connectivity index (χ2v) is 6.27. The molecule has 0 heterocycles. The third-order valence-electron chi connectivity index (χ3n) is 2.64. The molecule has 5 heteroatoms. The molecule has 1 rings (SSSR count).